The smallest absolute Gasteiger partial charge is 0.253 e. The first-order valence-corrected chi connectivity index (χ1v) is 7.48. The molecule has 0 spiro atoms. The van der Waals surface area contributed by atoms with Crippen LogP contribution in [0, 0.1) is 17.5 Å². The fourth-order valence-corrected chi connectivity index (χ4v) is 2.23. The van der Waals surface area contributed by atoms with Crippen LogP contribution in [0.2, 0.25) is 0 Å². The van der Waals surface area contributed by atoms with E-state index in [1.54, 1.807) is 26.1 Å². The summed E-state index contributed by atoms with van der Waals surface area (Å²) in [6, 6.07) is 7.98. The number of carbonyl (C=O) groups is 1. The monoisotopic (exact) mass is 337 g/mol. The highest BCUT2D eigenvalue weighted by molar-refractivity contribution is 5.94. The summed E-state index contributed by atoms with van der Waals surface area (Å²) >= 11 is 0. The summed E-state index contributed by atoms with van der Waals surface area (Å²) in [4.78, 5) is 13.7. The number of hydrogen-bond acceptors (Lipinski definition) is 2. The van der Waals surface area contributed by atoms with Gasteiger partial charge in [-0.25, -0.2) is 13.2 Å². The summed E-state index contributed by atoms with van der Waals surface area (Å²) in [5.41, 5.74) is 1.07. The molecule has 0 radical (unpaired) electrons. The third-order valence-electron chi connectivity index (χ3n) is 3.68. The minimum atomic E-state index is -1.51. The van der Waals surface area contributed by atoms with Crippen molar-refractivity contribution in [2.45, 2.75) is 19.4 Å². The zero-order valence-corrected chi connectivity index (χ0v) is 13.4. The van der Waals surface area contributed by atoms with E-state index in [4.69, 9.17) is 0 Å². The van der Waals surface area contributed by atoms with E-state index in [0.717, 1.165) is 12.1 Å². The van der Waals surface area contributed by atoms with E-state index in [-0.39, 0.29) is 11.5 Å². The third-order valence-corrected chi connectivity index (χ3v) is 3.68. The Morgan fingerprint density at radius 3 is 2.12 bits per heavy atom. The molecule has 0 bridgehead atoms. The van der Waals surface area contributed by atoms with Gasteiger partial charge in [0.2, 0.25) is 0 Å². The Bertz CT molecular complexity index is 707. The molecule has 0 aliphatic heterocycles. The van der Waals surface area contributed by atoms with Crippen LogP contribution < -0.4 is 0 Å². The second-order valence-electron chi connectivity index (χ2n) is 5.70. The molecule has 0 heterocycles. The minimum absolute atomic E-state index is 0.188. The number of carbonyl (C=O) groups excluding carboxylic acids is 1. The van der Waals surface area contributed by atoms with Gasteiger partial charge >= 0.3 is 0 Å². The van der Waals surface area contributed by atoms with Gasteiger partial charge in [0.1, 0.15) is 0 Å². The Morgan fingerprint density at radius 2 is 1.62 bits per heavy atom. The van der Waals surface area contributed by atoms with Gasteiger partial charge in [0.25, 0.3) is 5.91 Å². The van der Waals surface area contributed by atoms with Gasteiger partial charge in [-0.05, 0) is 48.7 Å². The molecule has 0 saturated carbocycles. The lowest BCUT2D eigenvalue weighted by Crippen LogP contribution is -2.29. The zero-order chi connectivity index (χ0) is 17.9. The Kier molecular flexibility index (Phi) is 5.62. The summed E-state index contributed by atoms with van der Waals surface area (Å²) in [5.74, 6) is -4.25. The Balaban J connectivity index is 2.17. The van der Waals surface area contributed by atoms with E-state index in [1.165, 1.54) is 17.0 Å². The number of benzene rings is 2. The van der Waals surface area contributed by atoms with E-state index in [9.17, 15) is 23.1 Å². The van der Waals surface area contributed by atoms with E-state index < -0.39 is 23.6 Å². The molecule has 6 heteroatoms. The molecule has 24 heavy (non-hydrogen) atoms. The topological polar surface area (TPSA) is 40.5 Å². The summed E-state index contributed by atoms with van der Waals surface area (Å²) in [7, 11) is 1.63. The average molecular weight is 337 g/mol. The van der Waals surface area contributed by atoms with E-state index in [0.29, 0.717) is 24.1 Å². The molecule has 1 amide bonds. The van der Waals surface area contributed by atoms with Crippen LogP contribution in [-0.2, 0) is 0 Å². The lowest BCUT2D eigenvalue weighted by molar-refractivity contribution is 0.0769. The molecule has 2 rings (SSSR count). The van der Waals surface area contributed by atoms with Gasteiger partial charge in [-0.1, -0.05) is 12.1 Å². The van der Waals surface area contributed by atoms with Crippen LogP contribution in [0.25, 0.3) is 11.1 Å². The van der Waals surface area contributed by atoms with Crippen molar-refractivity contribution >= 4 is 5.91 Å². The van der Waals surface area contributed by atoms with Crippen LogP contribution in [0.4, 0.5) is 13.2 Å². The van der Waals surface area contributed by atoms with Gasteiger partial charge < -0.3 is 10.0 Å². The van der Waals surface area contributed by atoms with E-state index in [2.05, 4.69) is 0 Å². The summed E-state index contributed by atoms with van der Waals surface area (Å²) in [6.07, 6.45) is -0.0278. The molecule has 2 aromatic rings. The quantitative estimate of drug-likeness (QED) is 0.847. The largest absolute Gasteiger partial charge is 0.393 e. The zero-order valence-electron chi connectivity index (χ0n) is 13.4. The van der Waals surface area contributed by atoms with Gasteiger partial charge in [0, 0.05) is 19.2 Å². The summed E-state index contributed by atoms with van der Waals surface area (Å²) < 4.78 is 39.6. The molecule has 1 N–H and O–H groups in total. The Morgan fingerprint density at radius 1 is 1.08 bits per heavy atom. The maximum absolute atomic E-state index is 13.3. The first kappa shape index (κ1) is 18.0. The number of amides is 1. The number of halogens is 3. The molecule has 0 fully saturated rings. The maximum atomic E-state index is 13.3. The van der Waals surface area contributed by atoms with E-state index in [1.807, 2.05) is 0 Å². The number of hydrogen-bond donors (Lipinski definition) is 1. The normalized spacial score (nSPS) is 12.1. The summed E-state index contributed by atoms with van der Waals surface area (Å²) in [6.45, 7) is 2.06. The maximum Gasteiger partial charge on any atom is 0.253 e. The SMILES string of the molecule is CC(O)CCN(C)C(=O)c1ccc(-c2cc(F)c(F)c(F)c2)cc1. The number of nitrogens with zero attached hydrogens (tertiary/aromatic N) is 1. The second-order valence-corrected chi connectivity index (χ2v) is 5.70. The highest BCUT2D eigenvalue weighted by Gasteiger charge is 2.14. The molecule has 0 aliphatic carbocycles. The van der Waals surface area contributed by atoms with Gasteiger partial charge in [-0.2, -0.15) is 0 Å². The molecule has 0 saturated heterocycles. The lowest BCUT2D eigenvalue weighted by Gasteiger charge is -2.18. The molecule has 1 atom stereocenters. The second kappa shape index (κ2) is 7.49. The van der Waals surface area contributed by atoms with Crippen molar-refractivity contribution in [3.8, 4) is 11.1 Å². The minimum Gasteiger partial charge on any atom is -0.393 e. The Hall–Kier alpha value is -2.34. The molecule has 2 aromatic carbocycles. The van der Waals surface area contributed by atoms with Crippen molar-refractivity contribution in [2.24, 2.45) is 0 Å². The first-order valence-electron chi connectivity index (χ1n) is 7.48. The van der Waals surface area contributed by atoms with Gasteiger partial charge in [-0.3, -0.25) is 4.79 Å². The summed E-state index contributed by atoms with van der Waals surface area (Å²) in [5, 5.41) is 9.25. The van der Waals surface area contributed by atoms with Gasteiger partial charge in [0.05, 0.1) is 6.10 Å². The van der Waals surface area contributed by atoms with Crippen LogP contribution in [0.3, 0.4) is 0 Å². The fourth-order valence-electron chi connectivity index (χ4n) is 2.23. The predicted molar refractivity (Wildman–Crippen MR) is 85.0 cm³/mol. The number of rotatable bonds is 5. The highest BCUT2D eigenvalue weighted by atomic mass is 19.2. The van der Waals surface area contributed by atoms with Crippen molar-refractivity contribution in [1.82, 2.24) is 4.90 Å². The van der Waals surface area contributed by atoms with Gasteiger partial charge in [0.15, 0.2) is 17.5 Å². The van der Waals surface area contributed by atoms with Crippen molar-refractivity contribution in [1.29, 1.82) is 0 Å². The van der Waals surface area contributed by atoms with Crippen molar-refractivity contribution < 1.29 is 23.1 Å². The van der Waals surface area contributed by atoms with Crippen molar-refractivity contribution in [3.63, 3.8) is 0 Å². The fraction of sp³-hybridized carbons (Fsp3) is 0.278. The first-order chi connectivity index (χ1) is 11.3. The average Bonchev–Trinajstić information content (AvgIpc) is 2.56. The highest BCUT2D eigenvalue weighted by Crippen LogP contribution is 2.24. The molecule has 0 aliphatic rings. The lowest BCUT2D eigenvalue weighted by atomic mass is 10.0. The van der Waals surface area contributed by atoms with E-state index >= 15 is 0 Å². The van der Waals surface area contributed by atoms with Crippen molar-refractivity contribution in [3.05, 3.63) is 59.4 Å². The predicted octanol–water partition coefficient (Wildman–Crippen LogP) is 3.61. The number of aliphatic hydroxyl groups excluding tert-OH is 1. The van der Waals surface area contributed by atoms with Crippen LogP contribution in [0.15, 0.2) is 36.4 Å². The standard InChI is InChI=1S/C18H18F3NO2/c1-11(23)7-8-22(2)18(24)13-5-3-12(4-6-13)14-9-15(19)17(21)16(20)10-14/h3-6,9-11,23H,7-8H2,1-2H3. The molecule has 1 unspecified atom stereocenters. The van der Waals surface area contributed by atoms with Crippen LogP contribution >= 0.6 is 0 Å². The molecule has 128 valence electrons. The van der Waals surface area contributed by atoms with Gasteiger partial charge in [-0.15, -0.1) is 0 Å². The van der Waals surface area contributed by atoms with Crippen LogP contribution in [0.1, 0.15) is 23.7 Å². The van der Waals surface area contributed by atoms with Crippen LogP contribution in [-0.4, -0.2) is 35.6 Å². The third kappa shape index (κ3) is 4.14. The van der Waals surface area contributed by atoms with Crippen molar-refractivity contribution in [2.75, 3.05) is 13.6 Å². The molecular weight excluding hydrogens is 319 g/mol. The van der Waals surface area contributed by atoms with Crippen LogP contribution in [0.5, 0.6) is 0 Å². The molecular formula is C18H18F3NO2. The number of aliphatic hydroxyl groups is 1. The molecule has 0 aromatic heterocycles. The Labute approximate surface area is 138 Å². The molecule has 3 nitrogen and oxygen atoms in total.